The Morgan fingerprint density at radius 1 is 1.19 bits per heavy atom. The number of carboxylic acid groups (broad SMARTS) is 1. The first-order valence-electron chi connectivity index (χ1n) is 7.07. The SMILES string of the molecule is CCCCCCCCSc1nc(SCC(=O)O)nc(=S)[nH]1. The Bertz CT molecular complexity index is 494. The van der Waals surface area contributed by atoms with Crippen LogP contribution in [0.15, 0.2) is 10.3 Å². The molecule has 0 saturated heterocycles. The Labute approximate surface area is 138 Å². The number of H-pyrrole nitrogens is 1. The molecule has 21 heavy (non-hydrogen) atoms. The van der Waals surface area contributed by atoms with E-state index in [0.29, 0.717) is 9.93 Å². The van der Waals surface area contributed by atoms with Gasteiger partial charge in [0.1, 0.15) is 0 Å². The summed E-state index contributed by atoms with van der Waals surface area (Å²) in [6, 6.07) is 0. The van der Waals surface area contributed by atoms with Crippen molar-refractivity contribution in [3.8, 4) is 0 Å². The molecule has 0 bridgehead atoms. The van der Waals surface area contributed by atoms with E-state index >= 15 is 0 Å². The lowest BCUT2D eigenvalue weighted by molar-refractivity contribution is -0.133. The van der Waals surface area contributed by atoms with Gasteiger partial charge in [0, 0.05) is 5.75 Å². The summed E-state index contributed by atoms with van der Waals surface area (Å²) in [5.41, 5.74) is 0. The second-order valence-corrected chi connectivity index (χ2v) is 6.95. The molecule has 0 unspecified atom stereocenters. The van der Waals surface area contributed by atoms with E-state index in [2.05, 4.69) is 21.9 Å². The topological polar surface area (TPSA) is 78.9 Å². The molecule has 0 spiro atoms. The van der Waals surface area contributed by atoms with Gasteiger partial charge in [-0.1, -0.05) is 62.6 Å². The van der Waals surface area contributed by atoms with Crippen LogP contribution >= 0.6 is 35.7 Å². The number of thioether (sulfide) groups is 2. The fourth-order valence-electron chi connectivity index (χ4n) is 1.66. The van der Waals surface area contributed by atoms with E-state index in [4.69, 9.17) is 17.3 Å². The second-order valence-electron chi connectivity index (χ2n) is 4.54. The first-order chi connectivity index (χ1) is 10.1. The van der Waals surface area contributed by atoms with Gasteiger partial charge in [-0.2, -0.15) is 9.97 Å². The molecule has 0 amide bonds. The molecule has 2 N–H and O–H groups in total. The zero-order valence-electron chi connectivity index (χ0n) is 12.1. The van der Waals surface area contributed by atoms with Crippen LogP contribution in [0.3, 0.4) is 0 Å². The number of carboxylic acids is 1. The number of carbonyl (C=O) groups is 1. The third kappa shape index (κ3) is 9.10. The molecule has 1 rings (SSSR count). The van der Waals surface area contributed by atoms with Crippen molar-refractivity contribution < 1.29 is 9.90 Å². The molecule has 1 aromatic rings. The van der Waals surface area contributed by atoms with Gasteiger partial charge in [0.05, 0.1) is 5.75 Å². The second kappa shape index (κ2) is 11.0. The molecule has 0 aliphatic heterocycles. The highest BCUT2D eigenvalue weighted by Gasteiger charge is 2.05. The molecule has 0 aliphatic carbocycles. The Hall–Kier alpha value is -0.600. The first-order valence-corrected chi connectivity index (χ1v) is 9.45. The minimum atomic E-state index is -0.886. The van der Waals surface area contributed by atoms with E-state index in [9.17, 15) is 4.79 Å². The van der Waals surface area contributed by atoms with E-state index in [-0.39, 0.29) is 5.75 Å². The van der Waals surface area contributed by atoms with Crippen LogP contribution in [-0.4, -0.2) is 37.5 Å². The maximum Gasteiger partial charge on any atom is 0.313 e. The molecule has 1 aromatic heterocycles. The number of hydrogen-bond donors (Lipinski definition) is 2. The lowest BCUT2D eigenvalue weighted by Crippen LogP contribution is -2.01. The van der Waals surface area contributed by atoms with Crippen LogP contribution in [-0.2, 0) is 4.79 Å². The van der Waals surface area contributed by atoms with Crippen LogP contribution in [0.1, 0.15) is 45.4 Å². The molecule has 1 heterocycles. The first kappa shape index (κ1) is 18.4. The van der Waals surface area contributed by atoms with Crippen molar-refractivity contribution >= 4 is 41.7 Å². The Morgan fingerprint density at radius 3 is 2.62 bits per heavy atom. The highest BCUT2D eigenvalue weighted by molar-refractivity contribution is 8.00. The summed E-state index contributed by atoms with van der Waals surface area (Å²) in [7, 11) is 0. The third-order valence-corrected chi connectivity index (χ3v) is 4.65. The zero-order chi connectivity index (χ0) is 15.5. The largest absolute Gasteiger partial charge is 0.481 e. The van der Waals surface area contributed by atoms with Gasteiger partial charge in [0.2, 0.25) is 4.77 Å². The summed E-state index contributed by atoms with van der Waals surface area (Å²) < 4.78 is 0.350. The minimum absolute atomic E-state index is 0.0552. The summed E-state index contributed by atoms with van der Waals surface area (Å²) in [6.07, 6.45) is 7.57. The van der Waals surface area contributed by atoms with Crippen molar-refractivity contribution in [1.29, 1.82) is 0 Å². The normalized spacial score (nSPS) is 10.7. The number of aliphatic carboxylic acids is 1. The van der Waals surface area contributed by atoms with Crippen LogP contribution in [0.2, 0.25) is 0 Å². The highest BCUT2D eigenvalue weighted by Crippen LogP contribution is 2.19. The van der Waals surface area contributed by atoms with Crippen molar-refractivity contribution in [1.82, 2.24) is 15.0 Å². The van der Waals surface area contributed by atoms with E-state index in [1.807, 2.05) is 0 Å². The van der Waals surface area contributed by atoms with Crippen molar-refractivity contribution in [2.45, 2.75) is 55.8 Å². The Morgan fingerprint density at radius 2 is 1.90 bits per heavy atom. The Balaban J connectivity index is 2.34. The number of aromatic nitrogens is 3. The molecule has 0 radical (unpaired) electrons. The van der Waals surface area contributed by atoms with Crippen molar-refractivity contribution in [3.63, 3.8) is 0 Å². The molecule has 0 saturated carbocycles. The average Bonchev–Trinajstić information content (AvgIpc) is 2.44. The van der Waals surface area contributed by atoms with Gasteiger partial charge in [0.25, 0.3) is 0 Å². The number of nitrogens with one attached hydrogen (secondary N) is 1. The van der Waals surface area contributed by atoms with Crippen LogP contribution in [0.5, 0.6) is 0 Å². The van der Waals surface area contributed by atoms with E-state index in [1.165, 1.54) is 32.1 Å². The molecular formula is C13H21N3O2S3. The van der Waals surface area contributed by atoms with Crippen LogP contribution < -0.4 is 0 Å². The summed E-state index contributed by atoms with van der Waals surface area (Å²) >= 11 is 7.74. The van der Waals surface area contributed by atoms with Gasteiger partial charge in [-0.05, 0) is 18.6 Å². The van der Waals surface area contributed by atoms with Gasteiger partial charge in [0.15, 0.2) is 10.3 Å². The lowest BCUT2D eigenvalue weighted by atomic mass is 10.1. The fourth-order valence-corrected chi connectivity index (χ4v) is 3.45. The predicted octanol–water partition coefficient (Wildman–Crippen LogP) is 4.16. The number of aromatic amines is 1. The van der Waals surface area contributed by atoms with Gasteiger partial charge in [-0.15, -0.1) is 0 Å². The highest BCUT2D eigenvalue weighted by atomic mass is 32.2. The summed E-state index contributed by atoms with van der Waals surface area (Å²) in [5, 5.41) is 9.80. The van der Waals surface area contributed by atoms with Gasteiger partial charge in [-0.3, -0.25) is 4.79 Å². The Kier molecular flexibility index (Phi) is 9.69. The van der Waals surface area contributed by atoms with Crippen molar-refractivity contribution in [3.05, 3.63) is 4.77 Å². The fraction of sp³-hybridized carbons (Fsp3) is 0.692. The quantitative estimate of drug-likeness (QED) is 0.353. The molecule has 0 aromatic carbocycles. The lowest BCUT2D eigenvalue weighted by Gasteiger charge is -2.03. The molecule has 5 nitrogen and oxygen atoms in total. The molecule has 0 fully saturated rings. The van der Waals surface area contributed by atoms with Gasteiger partial charge in [-0.25, -0.2) is 0 Å². The average molecular weight is 348 g/mol. The number of rotatable bonds is 11. The van der Waals surface area contributed by atoms with Crippen LogP contribution in [0.4, 0.5) is 0 Å². The summed E-state index contributed by atoms with van der Waals surface area (Å²) in [5.74, 6) is 0.0428. The summed E-state index contributed by atoms with van der Waals surface area (Å²) in [4.78, 5) is 21.8. The van der Waals surface area contributed by atoms with Crippen LogP contribution in [0, 0.1) is 4.77 Å². The summed E-state index contributed by atoms with van der Waals surface area (Å²) in [6.45, 7) is 2.22. The number of unbranched alkanes of at least 4 members (excludes halogenated alkanes) is 5. The van der Waals surface area contributed by atoms with E-state index in [0.717, 1.165) is 29.1 Å². The molecule has 0 atom stereocenters. The van der Waals surface area contributed by atoms with Gasteiger partial charge >= 0.3 is 5.97 Å². The number of nitrogens with zero attached hydrogens (tertiary/aromatic N) is 2. The van der Waals surface area contributed by atoms with Crippen molar-refractivity contribution in [2.24, 2.45) is 0 Å². The number of hydrogen-bond acceptors (Lipinski definition) is 6. The van der Waals surface area contributed by atoms with E-state index < -0.39 is 5.97 Å². The smallest absolute Gasteiger partial charge is 0.313 e. The maximum absolute atomic E-state index is 10.5. The minimum Gasteiger partial charge on any atom is -0.481 e. The third-order valence-electron chi connectivity index (χ3n) is 2.67. The molecule has 118 valence electrons. The maximum atomic E-state index is 10.5. The van der Waals surface area contributed by atoms with Gasteiger partial charge < -0.3 is 10.1 Å². The molecule has 8 heteroatoms. The molecular weight excluding hydrogens is 326 g/mol. The zero-order valence-corrected chi connectivity index (χ0v) is 14.6. The van der Waals surface area contributed by atoms with Crippen LogP contribution in [0.25, 0.3) is 0 Å². The van der Waals surface area contributed by atoms with Crippen molar-refractivity contribution in [2.75, 3.05) is 11.5 Å². The monoisotopic (exact) mass is 347 g/mol. The molecule has 0 aliphatic rings. The standard InChI is InChI=1S/C13H21N3O2S3/c1-2-3-4-5-6-7-8-20-12-14-11(19)15-13(16-12)21-9-10(17)18/h2-9H2,1H3,(H,17,18)(H,14,15,16,19). The predicted molar refractivity (Wildman–Crippen MR) is 89.7 cm³/mol. The van der Waals surface area contributed by atoms with E-state index in [1.54, 1.807) is 11.8 Å².